The highest BCUT2D eigenvalue weighted by atomic mass is 35.5. The van der Waals surface area contributed by atoms with Gasteiger partial charge in [0.2, 0.25) is 0 Å². The molecule has 0 aromatic carbocycles. The summed E-state index contributed by atoms with van der Waals surface area (Å²) in [5, 5.41) is 8.81. The Balaban J connectivity index is 0.000000720. The molecule has 2 fully saturated rings. The van der Waals surface area contributed by atoms with E-state index < -0.39 is 11.5 Å². The number of halogens is 1. The van der Waals surface area contributed by atoms with Gasteiger partial charge in [-0.15, -0.1) is 12.4 Å². The first-order valence-electron chi connectivity index (χ1n) is 4.09. The van der Waals surface area contributed by atoms with Gasteiger partial charge in [0.1, 0.15) is 5.54 Å². The van der Waals surface area contributed by atoms with Gasteiger partial charge in [0, 0.05) is 0 Å². The molecule has 2 aliphatic rings. The Morgan fingerprint density at radius 3 is 2.00 bits per heavy atom. The number of nitrogens with two attached hydrogens (primary N) is 1. The van der Waals surface area contributed by atoms with Gasteiger partial charge in [-0.2, -0.15) is 0 Å². The van der Waals surface area contributed by atoms with Crippen LogP contribution in [0.3, 0.4) is 0 Å². The molecule has 0 aromatic rings. The second kappa shape index (κ2) is 2.60. The number of carboxylic acids is 1. The highest BCUT2D eigenvalue weighted by molar-refractivity contribution is 5.85. The van der Waals surface area contributed by atoms with Crippen LogP contribution in [0.1, 0.15) is 32.1 Å². The summed E-state index contributed by atoms with van der Waals surface area (Å²) < 4.78 is 0. The third-order valence-electron chi connectivity index (χ3n) is 3.17. The molecule has 3 N–H and O–H groups in total. The summed E-state index contributed by atoms with van der Waals surface area (Å²) in [6, 6.07) is 0. The van der Waals surface area contributed by atoms with Crippen molar-refractivity contribution < 1.29 is 9.90 Å². The number of carboxylic acid groups (broad SMARTS) is 1. The second-order valence-electron chi connectivity index (χ2n) is 4.14. The number of aliphatic carboxylic acids is 1. The monoisotopic (exact) mass is 191 g/mol. The fraction of sp³-hybridized carbons (Fsp3) is 0.875. The van der Waals surface area contributed by atoms with Crippen molar-refractivity contribution in [3.8, 4) is 0 Å². The van der Waals surface area contributed by atoms with Gasteiger partial charge in [0.05, 0.1) is 0 Å². The largest absolute Gasteiger partial charge is 0.480 e. The summed E-state index contributed by atoms with van der Waals surface area (Å²) in [6.07, 6.45) is 4.78. The molecule has 12 heavy (non-hydrogen) atoms. The van der Waals surface area contributed by atoms with Crippen molar-refractivity contribution in [1.82, 2.24) is 0 Å². The molecule has 2 rings (SSSR count). The summed E-state index contributed by atoms with van der Waals surface area (Å²) in [5.74, 6) is -0.818. The molecule has 70 valence electrons. The van der Waals surface area contributed by atoms with Crippen LogP contribution in [0.25, 0.3) is 0 Å². The molecule has 2 aliphatic carbocycles. The van der Waals surface area contributed by atoms with Crippen molar-refractivity contribution >= 4 is 18.4 Å². The molecule has 0 aliphatic heterocycles. The number of carbonyl (C=O) groups is 1. The minimum absolute atomic E-state index is 0. The second-order valence-corrected chi connectivity index (χ2v) is 4.14. The van der Waals surface area contributed by atoms with E-state index in [1.807, 2.05) is 0 Å². The van der Waals surface area contributed by atoms with Crippen LogP contribution in [-0.4, -0.2) is 16.6 Å². The average molecular weight is 192 g/mol. The van der Waals surface area contributed by atoms with Gasteiger partial charge < -0.3 is 10.8 Å². The van der Waals surface area contributed by atoms with Gasteiger partial charge in [0.15, 0.2) is 0 Å². The third-order valence-corrected chi connectivity index (χ3v) is 3.17. The van der Waals surface area contributed by atoms with Gasteiger partial charge in [-0.25, -0.2) is 0 Å². The van der Waals surface area contributed by atoms with Crippen LogP contribution in [-0.2, 0) is 4.79 Å². The molecule has 0 bridgehead atoms. The lowest BCUT2D eigenvalue weighted by molar-refractivity contribution is -0.143. The number of rotatable bonds is 1. The van der Waals surface area contributed by atoms with Crippen molar-refractivity contribution in [3.63, 3.8) is 0 Å². The van der Waals surface area contributed by atoms with Gasteiger partial charge in [0.25, 0.3) is 0 Å². The Morgan fingerprint density at radius 2 is 1.75 bits per heavy atom. The van der Waals surface area contributed by atoms with E-state index in [-0.39, 0.29) is 12.4 Å². The van der Waals surface area contributed by atoms with E-state index in [0.717, 1.165) is 6.42 Å². The summed E-state index contributed by atoms with van der Waals surface area (Å²) in [4.78, 5) is 10.7. The van der Waals surface area contributed by atoms with E-state index in [4.69, 9.17) is 10.8 Å². The fourth-order valence-corrected chi connectivity index (χ4v) is 2.12. The van der Waals surface area contributed by atoms with Crippen molar-refractivity contribution in [2.75, 3.05) is 0 Å². The lowest BCUT2D eigenvalue weighted by Gasteiger charge is -2.17. The van der Waals surface area contributed by atoms with Crippen LogP contribution in [0.15, 0.2) is 0 Å². The highest BCUT2D eigenvalue weighted by Gasteiger charge is 2.56. The molecule has 0 saturated heterocycles. The molecule has 1 atom stereocenters. The average Bonchev–Trinajstić information content (AvgIpc) is 2.55. The number of hydrogen-bond donors (Lipinski definition) is 2. The summed E-state index contributed by atoms with van der Waals surface area (Å²) >= 11 is 0. The molecule has 0 aromatic heterocycles. The van der Waals surface area contributed by atoms with E-state index in [1.54, 1.807) is 0 Å². The highest BCUT2D eigenvalue weighted by Crippen LogP contribution is 2.60. The molecule has 3 nitrogen and oxygen atoms in total. The van der Waals surface area contributed by atoms with E-state index >= 15 is 0 Å². The predicted octanol–water partition coefficient (Wildman–Crippen LogP) is 1.15. The summed E-state index contributed by atoms with van der Waals surface area (Å²) in [7, 11) is 0. The Bertz CT molecular complexity index is 215. The van der Waals surface area contributed by atoms with Gasteiger partial charge in [-0.1, -0.05) is 0 Å². The minimum Gasteiger partial charge on any atom is -0.480 e. The van der Waals surface area contributed by atoms with E-state index in [2.05, 4.69) is 0 Å². The Hall–Kier alpha value is -0.280. The Kier molecular flexibility index (Phi) is 2.13. The van der Waals surface area contributed by atoms with Crippen LogP contribution in [0, 0.1) is 5.41 Å². The molecular weight excluding hydrogens is 178 g/mol. The maximum absolute atomic E-state index is 10.7. The molecule has 0 radical (unpaired) electrons. The lowest BCUT2D eigenvalue weighted by Crippen LogP contribution is -2.45. The zero-order valence-electron chi connectivity index (χ0n) is 6.88. The maximum atomic E-state index is 10.7. The van der Waals surface area contributed by atoms with Gasteiger partial charge >= 0.3 is 5.97 Å². The molecular formula is C8H14ClNO2. The SMILES string of the molecule is Cl.NC1(C(=O)O)CCC2(CC2)C1. The van der Waals surface area contributed by atoms with E-state index in [0.29, 0.717) is 18.3 Å². The summed E-state index contributed by atoms with van der Waals surface area (Å²) in [5.41, 5.74) is 5.18. The minimum atomic E-state index is -0.892. The maximum Gasteiger partial charge on any atom is 0.323 e. The van der Waals surface area contributed by atoms with Crippen LogP contribution < -0.4 is 5.73 Å². The van der Waals surface area contributed by atoms with Gasteiger partial charge in [-0.3, -0.25) is 4.79 Å². The molecule has 1 unspecified atom stereocenters. The predicted molar refractivity (Wildman–Crippen MR) is 47.3 cm³/mol. The quantitative estimate of drug-likeness (QED) is 0.654. The smallest absolute Gasteiger partial charge is 0.323 e. The van der Waals surface area contributed by atoms with Crippen molar-refractivity contribution in [3.05, 3.63) is 0 Å². The van der Waals surface area contributed by atoms with Crippen LogP contribution in [0.4, 0.5) is 0 Å². The molecule has 0 heterocycles. The molecule has 1 spiro atoms. The van der Waals surface area contributed by atoms with Crippen LogP contribution in [0.2, 0.25) is 0 Å². The topological polar surface area (TPSA) is 63.3 Å². The lowest BCUT2D eigenvalue weighted by atomic mass is 9.96. The number of hydrogen-bond acceptors (Lipinski definition) is 2. The van der Waals surface area contributed by atoms with Crippen molar-refractivity contribution in [2.24, 2.45) is 11.1 Å². The normalized spacial score (nSPS) is 36.1. The van der Waals surface area contributed by atoms with Gasteiger partial charge in [-0.05, 0) is 37.5 Å². The van der Waals surface area contributed by atoms with E-state index in [9.17, 15) is 4.79 Å². The summed E-state index contributed by atoms with van der Waals surface area (Å²) in [6.45, 7) is 0. The fourth-order valence-electron chi connectivity index (χ4n) is 2.12. The first-order valence-corrected chi connectivity index (χ1v) is 4.09. The Morgan fingerprint density at radius 1 is 1.25 bits per heavy atom. The first-order chi connectivity index (χ1) is 5.06. The van der Waals surface area contributed by atoms with E-state index in [1.165, 1.54) is 12.8 Å². The zero-order valence-corrected chi connectivity index (χ0v) is 7.69. The standard InChI is InChI=1S/C8H13NO2.ClH/c9-8(6(10)11)4-3-7(5-8)1-2-7;/h1-5,9H2,(H,10,11);1H. The zero-order chi connectivity index (χ0) is 8.11. The first kappa shape index (κ1) is 9.81. The van der Waals surface area contributed by atoms with Crippen molar-refractivity contribution in [1.29, 1.82) is 0 Å². The molecule has 0 amide bonds. The third kappa shape index (κ3) is 1.31. The molecule has 2 saturated carbocycles. The molecule has 4 heteroatoms. The van der Waals surface area contributed by atoms with Crippen molar-refractivity contribution in [2.45, 2.75) is 37.6 Å². The van der Waals surface area contributed by atoms with Crippen LogP contribution in [0.5, 0.6) is 0 Å². The van der Waals surface area contributed by atoms with Crippen LogP contribution >= 0.6 is 12.4 Å². The Labute approximate surface area is 77.7 Å².